The molecule has 1 unspecified atom stereocenters. The van der Waals surface area contributed by atoms with Gasteiger partial charge >= 0.3 is 0 Å². The number of benzene rings is 3. The summed E-state index contributed by atoms with van der Waals surface area (Å²) in [5.74, 6) is -0.0468. The fourth-order valence-electron chi connectivity index (χ4n) is 4.28. The van der Waals surface area contributed by atoms with E-state index < -0.39 is 6.23 Å². The quantitative estimate of drug-likeness (QED) is 0.485. The van der Waals surface area contributed by atoms with Gasteiger partial charge in [0, 0.05) is 41.0 Å². The van der Waals surface area contributed by atoms with E-state index in [0.717, 1.165) is 38.9 Å². The van der Waals surface area contributed by atoms with E-state index in [9.17, 15) is 9.90 Å². The number of carbonyl (C=O) groups is 1. The standard InChI is InChI=1S/C21H13N3O3/c1-27-21-17-15-10-4-2-3-5-12(10)22-19(15)18-14(16(17)20(26)24-21)11-7-6-9(25)8-13(11)23-18/h2-8,21,25H,1H3,(H,24,26). The number of ether oxygens (including phenoxy) is 1. The maximum atomic E-state index is 12.9. The van der Waals surface area contributed by atoms with Crippen LogP contribution in [0.1, 0.15) is 22.1 Å². The summed E-state index contributed by atoms with van der Waals surface area (Å²) in [5.41, 5.74) is 6.32. The highest BCUT2D eigenvalue weighted by atomic mass is 16.5. The number of nitrogens with zero attached hydrogens (tertiary/aromatic N) is 2. The molecule has 0 aromatic heterocycles. The van der Waals surface area contributed by atoms with E-state index in [2.05, 4.69) is 5.32 Å². The number of aromatic hydroxyl groups is 1. The van der Waals surface area contributed by atoms with Crippen molar-refractivity contribution in [1.82, 2.24) is 5.32 Å². The van der Waals surface area contributed by atoms with Crippen molar-refractivity contribution in [1.29, 1.82) is 0 Å². The second-order valence-corrected chi connectivity index (χ2v) is 6.77. The van der Waals surface area contributed by atoms with E-state index in [0.29, 0.717) is 16.6 Å². The van der Waals surface area contributed by atoms with Crippen LogP contribution in [0.2, 0.25) is 0 Å². The SMILES string of the molecule is COC1NC(=O)c2c1c1c(c3c2-c2ccc(O)cc2N=3)=Nc2ccccc2-1. The summed E-state index contributed by atoms with van der Waals surface area (Å²) in [4.78, 5) is 22.4. The molecule has 0 saturated carbocycles. The fourth-order valence-corrected chi connectivity index (χ4v) is 4.28. The van der Waals surface area contributed by atoms with E-state index in [1.165, 1.54) is 0 Å². The number of amides is 1. The summed E-state index contributed by atoms with van der Waals surface area (Å²) in [6, 6.07) is 12.9. The number of rotatable bonds is 1. The number of nitrogens with one attached hydrogen (secondary N) is 1. The number of methoxy groups -OCH3 is 1. The zero-order valence-corrected chi connectivity index (χ0v) is 14.3. The number of phenols is 1. The average molecular weight is 355 g/mol. The molecule has 6 nitrogen and oxygen atoms in total. The Kier molecular flexibility index (Phi) is 2.61. The number of para-hydroxylation sites is 1. The van der Waals surface area contributed by atoms with Crippen LogP contribution in [0.3, 0.4) is 0 Å². The first kappa shape index (κ1) is 14.6. The van der Waals surface area contributed by atoms with Crippen LogP contribution in [0.4, 0.5) is 11.4 Å². The molecule has 130 valence electrons. The van der Waals surface area contributed by atoms with Gasteiger partial charge in [-0.1, -0.05) is 18.2 Å². The third-order valence-corrected chi connectivity index (χ3v) is 5.36. The molecule has 0 bridgehead atoms. The predicted octanol–water partition coefficient (Wildman–Crippen LogP) is 2.64. The minimum atomic E-state index is -0.533. The van der Waals surface area contributed by atoms with Crippen molar-refractivity contribution in [2.75, 3.05) is 7.11 Å². The number of phenolic OH excluding ortho intramolecular Hbond substituents is 1. The van der Waals surface area contributed by atoms with Gasteiger partial charge in [0.1, 0.15) is 5.75 Å². The maximum Gasteiger partial charge on any atom is 0.254 e. The predicted molar refractivity (Wildman–Crippen MR) is 97.8 cm³/mol. The van der Waals surface area contributed by atoms with Gasteiger partial charge in [-0.25, -0.2) is 9.98 Å². The molecule has 0 radical (unpaired) electrons. The number of hydrogen-bond donors (Lipinski definition) is 2. The van der Waals surface area contributed by atoms with Gasteiger partial charge in [0.05, 0.1) is 27.7 Å². The molecular weight excluding hydrogens is 342 g/mol. The van der Waals surface area contributed by atoms with Gasteiger partial charge in [0.2, 0.25) is 0 Å². The molecule has 0 aliphatic carbocycles. The van der Waals surface area contributed by atoms with Crippen LogP contribution in [0.25, 0.3) is 22.3 Å². The molecule has 6 rings (SSSR count). The minimum absolute atomic E-state index is 0.137. The minimum Gasteiger partial charge on any atom is -0.508 e. The van der Waals surface area contributed by atoms with Crippen LogP contribution in [0, 0.1) is 0 Å². The van der Waals surface area contributed by atoms with Crippen LogP contribution < -0.4 is 16.0 Å². The molecule has 1 atom stereocenters. The van der Waals surface area contributed by atoms with Crippen LogP contribution in [-0.4, -0.2) is 18.1 Å². The molecule has 27 heavy (non-hydrogen) atoms. The highest BCUT2D eigenvalue weighted by Gasteiger charge is 2.39. The average Bonchev–Trinajstić information content (AvgIpc) is 3.32. The van der Waals surface area contributed by atoms with Crippen molar-refractivity contribution in [3.63, 3.8) is 0 Å². The Labute approximate surface area is 153 Å². The lowest BCUT2D eigenvalue weighted by molar-refractivity contribution is 0.0668. The summed E-state index contributed by atoms with van der Waals surface area (Å²) in [6.45, 7) is 0. The Hall–Kier alpha value is -3.51. The molecule has 0 saturated heterocycles. The second-order valence-electron chi connectivity index (χ2n) is 6.77. The first-order chi connectivity index (χ1) is 13.2. The largest absolute Gasteiger partial charge is 0.508 e. The van der Waals surface area contributed by atoms with Gasteiger partial charge in [0.15, 0.2) is 6.23 Å². The van der Waals surface area contributed by atoms with Crippen LogP contribution in [0.5, 0.6) is 5.75 Å². The molecule has 3 aliphatic heterocycles. The van der Waals surface area contributed by atoms with Gasteiger partial charge in [-0.3, -0.25) is 4.79 Å². The van der Waals surface area contributed by atoms with Crippen molar-refractivity contribution in [2.24, 2.45) is 9.98 Å². The van der Waals surface area contributed by atoms with E-state index in [4.69, 9.17) is 14.7 Å². The van der Waals surface area contributed by atoms with Gasteiger partial charge in [-0.05, 0) is 18.2 Å². The molecule has 3 aliphatic rings. The summed E-state index contributed by atoms with van der Waals surface area (Å²) in [5, 5.41) is 14.2. The Morgan fingerprint density at radius 1 is 0.963 bits per heavy atom. The van der Waals surface area contributed by atoms with E-state index in [-0.39, 0.29) is 11.7 Å². The molecule has 1 amide bonds. The molecule has 2 N–H and O–H groups in total. The highest BCUT2D eigenvalue weighted by molar-refractivity contribution is 6.09. The van der Waals surface area contributed by atoms with Crippen LogP contribution in [-0.2, 0) is 4.74 Å². The van der Waals surface area contributed by atoms with Gasteiger partial charge in [0.25, 0.3) is 5.91 Å². The van der Waals surface area contributed by atoms with E-state index in [1.54, 1.807) is 25.3 Å². The highest BCUT2D eigenvalue weighted by Crippen LogP contribution is 2.45. The molecule has 3 aromatic rings. The molecular formula is C21H13N3O3. The summed E-state index contributed by atoms with van der Waals surface area (Å²) >= 11 is 0. The first-order valence-electron chi connectivity index (χ1n) is 8.61. The van der Waals surface area contributed by atoms with E-state index >= 15 is 0 Å². The Morgan fingerprint density at radius 2 is 1.70 bits per heavy atom. The second kappa shape index (κ2) is 4.81. The van der Waals surface area contributed by atoms with Crippen molar-refractivity contribution in [3.8, 4) is 28.0 Å². The zero-order valence-electron chi connectivity index (χ0n) is 14.3. The van der Waals surface area contributed by atoms with Crippen molar-refractivity contribution >= 4 is 17.3 Å². The van der Waals surface area contributed by atoms with Crippen molar-refractivity contribution in [3.05, 3.63) is 64.3 Å². The van der Waals surface area contributed by atoms with Crippen LogP contribution in [0.15, 0.2) is 52.4 Å². The first-order valence-corrected chi connectivity index (χ1v) is 8.61. The molecule has 3 aromatic carbocycles. The van der Waals surface area contributed by atoms with Crippen molar-refractivity contribution < 1.29 is 14.6 Å². The van der Waals surface area contributed by atoms with Crippen LogP contribution >= 0.6 is 0 Å². The summed E-state index contributed by atoms with van der Waals surface area (Å²) < 4.78 is 5.57. The molecule has 3 heterocycles. The zero-order chi connectivity index (χ0) is 18.3. The number of hydrogen-bond acceptors (Lipinski definition) is 5. The lowest BCUT2D eigenvalue weighted by Gasteiger charge is -2.13. The lowest BCUT2D eigenvalue weighted by atomic mass is 9.90. The Bertz CT molecular complexity index is 1330. The maximum absolute atomic E-state index is 12.9. The van der Waals surface area contributed by atoms with Gasteiger partial charge < -0.3 is 15.2 Å². The molecule has 0 fully saturated rings. The normalized spacial score (nSPS) is 17.2. The molecule has 0 spiro atoms. The lowest BCUT2D eigenvalue weighted by Crippen LogP contribution is -2.29. The number of fused-ring (bicyclic) bond motifs is 10. The Morgan fingerprint density at radius 3 is 2.56 bits per heavy atom. The topological polar surface area (TPSA) is 83.3 Å². The van der Waals surface area contributed by atoms with Crippen molar-refractivity contribution in [2.45, 2.75) is 6.23 Å². The monoisotopic (exact) mass is 355 g/mol. The number of carbonyl (C=O) groups excluding carboxylic acids is 1. The fraction of sp³-hybridized carbons (Fsp3) is 0.0952. The molecule has 6 heteroatoms. The summed E-state index contributed by atoms with van der Waals surface area (Å²) in [7, 11) is 1.58. The third-order valence-electron chi connectivity index (χ3n) is 5.36. The van der Waals surface area contributed by atoms with Gasteiger partial charge in [-0.2, -0.15) is 0 Å². The van der Waals surface area contributed by atoms with Gasteiger partial charge in [-0.15, -0.1) is 0 Å². The third kappa shape index (κ3) is 1.70. The summed E-state index contributed by atoms with van der Waals surface area (Å²) in [6.07, 6.45) is -0.533. The smallest absolute Gasteiger partial charge is 0.254 e. The van der Waals surface area contributed by atoms with E-state index in [1.807, 2.05) is 24.3 Å². The Balaban J connectivity index is 1.84.